The topological polar surface area (TPSA) is 19.0 Å². The largest absolute Gasteiger partial charge is 0.354 e. The van der Waals surface area contributed by atoms with Crippen LogP contribution in [0, 0.1) is 0 Å². The number of aromatic amines is 1. The number of nitrogens with one attached hydrogen (secondary N) is 1. The molecule has 2 aliphatic rings. The van der Waals surface area contributed by atoms with E-state index in [1.54, 1.807) is 0 Å². The van der Waals surface area contributed by atoms with E-state index in [1.165, 1.54) is 92.5 Å². The Hall–Kier alpha value is -6.94. The number of H-pyrrole nitrogens is 1. The van der Waals surface area contributed by atoms with Crippen LogP contribution in [0.25, 0.3) is 75.4 Å². The highest BCUT2D eigenvalue weighted by Gasteiger charge is 2.36. The molecule has 9 aromatic rings. The van der Waals surface area contributed by atoms with Crippen molar-refractivity contribution in [3.05, 3.63) is 217 Å². The molecule has 11 rings (SSSR count). The van der Waals surface area contributed by atoms with Gasteiger partial charge in [-0.25, -0.2) is 0 Å². The van der Waals surface area contributed by atoms with Crippen molar-refractivity contribution in [2.24, 2.45) is 0 Å². The molecule has 0 bridgehead atoms. The zero-order valence-electron chi connectivity index (χ0n) is 34.8. The lowest BCUT2D eigenvalue weighted by atomic mass is 9.82. The van der Waals surface area contributed by atoms with Crippen molar-refractivity contribution in [3.63, 3.8) is 0 Å². The summed E-state index contributed by atoms with van der Waals surface area (Å²) >= 11 is 1.89. The highest BCUT2D eigenvalue weighted by Crippen LogP contribution is 2.51. The van der Waals surface area contributed by atoms with E-state index < -0.39 is 0 Å². The molecule has 0 aliphatic heterocycles. The molecule has 7 aromatic carbocycles. The Balaban J connectivity index is 1.02. The Morgan fingerprint density at radius 3 is 2.21 bits per heavy atom. The molecule has 294 valence electrons. The van der Waals surface area contributed by atoms with Crippen LogP contribution in [0.4, 0.5) is 11.4 Å². The van der Waals surface area contributed by atoms with Crippen molar-refractivity contribution in [2.75, 3.05) is 4.90 Å². The Morgan fingerprint density at radius 1 is 0.656 bits per heavy atom. The van der Waals surface area contributed by atoms with Gasteiger partial charge in [0.2, 0.25) is 0 Å². The third-order valence-electron chi connectivity index (χ3n) is 13.1. The average molecular weight is 803 g/mol. The number of hydrogen-bond acceptors (Lipinski definition) is 2. The third kappa shape index (κ3) is 6.06. The summed E-state index contributed by atoms with van der Waals surface area (Å²) in [7, 11) is 0. The summed E-state index contributed by atoms with van der Waals surface area (Å²) in [6, 6.07) is 54.2. The van der Waals surface area contributed by atoms with Crippen molar-refractivity contribution in [3.8, 4) is 22.3 Å². The Morgan fingerprint density at radius 2 is 1.39 bits per heavy atom. The number of hydrogen-bond donors (Lipinski definition) is 1. The van der Waals surface area contributed by atoms with Gasteiger partial charge in [-0.1, -0.05) is 160 Å². The van der Waals surface area contributed by atoms with Gasteiger partial charge in [-0.05, 0) is 112 Å². The van der Waals surface area contributed by atoms with E-state index in [2.05, 4.69) is 206 Å². The summed E-state index contributed by atoms with van der Waals surface area (Å²) in [4.78, 5) is 6.29. The molecule has 1 N–H and O–H groups in total. The second kappa shape index (κ2) is 14.7. The molecule has 2 aromatic heterocycles. The molecule has 2 aliphatic carbocycles. The van der Waals surface area contributed by atoms with Gasteiger partial charge >= 0.3 is 0 Å². The molecule has 0 atom stereocenters. The maximum atomic E-state index is 4.13. The standard InChI is InChI=1S/C58H46N2S/c1-5-7-15-37(6-2)45-20-13-21-50-56-44(19-14-23-53(56)59-57(45)50)40-26-31-48-49-33-30-43(36-55(49)61-54(48)34-40)60(41-27-24-39(25-28-41)38-16-9-8-10-17-38)42-29-32-47-46-18-11-12-22-51(46)58(3,4)52(47)35-42/h5-24,26-27,29-36,59H,2,25,28H2,1,3-4H3/b7-5-,37-15+. The summed E-state index contributed by atoms with van der Waals surface area (Å²) in [6.07, 6.45) is 14.8. The van der Waals surface area contributed by atoms with Crippen molar-refractivity contribution < 1.29 is 0 Å². The van der Waals surface area contributed by atoms with Gasteiger partial charge in [-0.15, -0.1) is 11.3 Å². The fourth-order valence-corrected chi connectivity index (χ4v) is 11.2. The van der Waals surface area contributed by atoms with E-state index in [0.29, 0.717) is 0 Å². The number of nitrogens with zero attached hydrogens (tertiary/aromatic N) is 1. The number of aromatic nitrogens is 1. The molecule has 0 fully saturated rings. The monoisotopic (exact) mass is 802 g/mol. The molecular formula is C58H46N2S. The Bertz CT molecular complexity index is 3360. The zero-order chi connectivity index (χ0) is 41.2. The normalized spacial score (nSPS) is 14.8. The molecule has 0 saturated carbocycles. The highest BCUT2D eigenvalue weighted by atomic mass is 32.1. The number of allylic oxidation sites excluding steroid dienone is 9. The number of thiophene rings is 1. The molecule has 0 saturated heterocycles. The van der Waals surface area contributed by atoms with Gasteiger partial charge in [-0.3, -0.25) is 0 Å². The first kappa shape index (κ1) is 37.1. The number of benzene rings is 7. The van der Waals surface area contributed by atoms with Gasteiger partial charge in [0.05, 0.1) is 5.52 Å². The molecule has 3 heteroatoms. The highest BCUT2D eigenvalue weighted by molar-refractivity contribution is 7.25. The van der Waals surface area contributed by atoms with Gasteiger partial charge in [0.1, 0.15) is 0 Å². The predicted octanol–water partition coefficient (Wildman–Crippen LogP) is 16.7. The van der Waals surface area contributed by atoms with Crippen LogP contribution in [0.3, 0.4) is 0 Å². The van der Waals surface area contributed by atoms with Crippen molar-refractivity contribution in [1.82, 2.24) is 4.98 Å². The van der Waals surface area contributed by atoms with Crippen LogP contribution < -0.4 is 4.90 Å². The fraction of sp³-hybridized carbons (Fsp3) is 0.103. The van der Waals surface area contributed by atoms with Crippen LogP contribution >= 0.6 is 11.3 Å². The van der Waals surface area contributed by atoms with Gasteiger partial charge < -0.3 is 9.88 Å². The SMILES string of the molecule is C=C/C(=C\C=C/C)c1cccc2c1[nH]c1cccc(-c3ccc4c(c3)sc3cc(N(C5=CC=C(c6ccccc6)CC5)c5ccc6c(c5)C(C)(C)c5ccccc5-6)ccc34)c12. The van der Waals surface area contributed by atoms with E-state index >= 15 is 0 Å². The maximum Gasteiger partial charge on any atom is 0.0544 e. The van der Waals surface area contributed by atoms with E-state index in [-0.39, 0.29) is 5.41 Å². The fourth-order valence-electron chi connectivity index (χ4n) is 10.0. The van der Waals surface area contributed by atoms with Crippen LogP contribution in [0.2, 0.25) is 0 Å². The van der Waals surface area contributed by atoms with E-state index in [1.807, 2.05) is 24.3 Å². The van der Waals surface area contributed by atoms with Gasteiger partial charge in [0.15, 0.2) is 0 Å². The molecule has 0 radical (unpaired) electrons. The second-order valence-electron chi connectivity index (χ2n) is 16.9. The minimum Gasteiger partial charge on any atom is -0.354 e. The first-order valence-electron chi connectivity index (χ1n) is 21.4. The maximum absolute atomic E-state index is 4.13. The van der Waals surface area contributed by atoms with Crippen LogP contribution in [0.15, 0.2) is 194 Å². The van der Waals surface area contributed by atoms with Crippen molar-refractivity contribution >= 4 is 75.8 Å². The van der Waals surface area contributed by atoms with E-state index in [4.69, 9.17) is 0 Å². The second-order valence-corrected chi connectivity index (χ2v) is 18.0. The minimum atomic E-state index is -0.0841. The first-order valence-corrected chi connectivity index (χ1v) is 22.2. The number of anilines is 2. The van der Waals surface area contributed by atoms with Gasteiger partial charge in [0, 0.05) is 64.5 Å². The van der Waals surface area contributed by atoms with Crippen molar-refractivity contribution in [2.45, 2.75) is 39.0 Å². The van der Waals surface area contributed by atoms with Gasteiger partial charge in [-0.2, -0.15) is 0 Å². The molecule has 0 amide bonds. The van der Waals surface area contributed by atoms with Crippen LogP contribution in [-0.2, 0) is 5.41 Å². The quantitative estimate of drug-likeness (QED) is 0.152. The lowest BCUT2D eigenvalue weighted by Crippen LogP contribution is -2.20. The van der Waals surface area contributed by atoms with Gasteiger partial charge in [0.25, 0.3) is 0 Å². The molecular weight excluding hydrogens is 757 g/mol. The summed E-state index contributed by atoms with van der Waals surface area (Å²) in [5, 5.41) is 5.06. The number of fused-ring (bicyclic) bond motifs is 9. The summed E-state index contributed by atoms with van der Waals surface area (Å²) in [5.74, 6) is 0. The molecule has 0 unspecified atom stereocenters. The van der Waals surface area contributed by atoms with E-state index in [0.717, 1.165) is 35.0 Å². The molecule has 61 heavy (non-hydrogen) atoms. The van der Waals surface area contributed by atoms with Crippen LogP contribution in [0.5, 0.6) is 0 Å². The first-order chi connectivity index (χ1) is 29.9. The van der Waals surface area contributed by atoms with Crippen LogP contribution in [0.1, 0.15) is 55.9 Å². The lowest BCUT2D eigenvalue weighted by Gasteiger charge is -2.31. The Labute approximate surface area is 361 Å². The smallest absolute Gasteiger partial charge is 0.0544 e. The summed E-state index contributed by atoms with van der Waals surface area (Å²) < 4.78 is 2.58. The number of rotatable bonds is 8. The summed E-state index contributed by atoms with van der Waals surface area (Å²) in [5.41, 5.74) is 18.8. The zero-order valence-corrected chi connectivity index (χ0v) is 35.6. The summed E-state index contributed by atoms with van der Waals surface area (Å²) in [6.45, 7) is 10.9. The van der Waals surface area contributed by atoms with E-state index in [9.17, 15) is 0 Å². The Kier molecular flexibility index (Phi) is 8.91. The molecule has 2 heterocycles. The average Bonchev–Trinajstić information content (AvgIpc) is 3.94. The minimum absolute atomic E-state index is 0.0841. The predicted molar refractivity (Wildman–Crippen MR) is 265 cm³/mol. The lowest BCUT2D eigenvalue weighted by molar-refractivity contribution is 0.660. The molecule has 2 nitrogen and oxygen atoms in total. The molecule has 0 spiro atoms. The third-order valence-corrected chi connectivity index (χ3v) is 14.2. The van der Waals surface area contributed by atoms with Crippen molar-refractivity contribution in [1.29, 1.82) is 0 Å². The van der Waals surface area contributed by atoms with Crippen LogP contribution in [-0.4, -0.2) is 4.98 Å². The number of para-hydroxylation sites is 1.